The molecule has 0 aliphatic carbocycles. The number of ether oxygens (including phenoxy) is 1. The fraction of sp³-hybridized carbons (Fsp3) is 0.643. The number of rotatable bonds is 4. The Balaban J connectivity index is 1.98. The lowest BCUT2D eigenvalue weighted by Gasteiger charge is -2.32. The summed E-state index contributed by atoms with van der Waals surface area (Å²) in [6, 6.07) is 2.50. The van der Waals surface area contributed by atoms with Crippen molar-refractivity contribution in [2.45, 2.75) is 38.8 Å². The van der Waals surface area contributed by atoms with E-state index < -0.39 is 0 Å². The van der Waals surface area contributed by atoms with Gasteiger partial charge in [-0.1, -0.05) is 6.42 Å². The Bertz CT molecular complexity index is 395. The second kappa shape index (κ2) is 6.16. The number of aryl methyl sites for hydroxylation is 1. The summed E-state index contributed by atoms with van der Waals surface area (Å²) in [6.45, 7) is 4.36. The van der Waals surface area contributed by atoms with Crippen LogP contribution >= 0.6 is 0 Å². The van der Waals surface area contributed by atoms with Crippen molar-refractivity contribution >= 4 is 0 Å². The van der Waals surface area contributed by atoms with E-state index in [1.165, 1.54) is 25.8 Å². The fourth-order valence-corrected chi connectivity index (χ4v) is 2.39. The van der Waals surface area contributed by atoms with E-state index in [4.69, 9.17) is 10.5 Å². The highest BCUT2D eigenvalue weighted by atomic mass is 16.5. The number of likely N-dealkylation sites (N-methyl/N-ethyl adjacent to an activating group) is 1. The van der Waals surface area contributed by atoms with Crippen molar-refractivity contribution in [3.8, 4) is 5.75 Å². The van der Waals surface area contributed by atoms with Crippen molar-refractivity contribution < 1.29 is 4.74 Å². The topological polar surface area (TPSA) is 51.4 Å². The molecule has 100 valence electrons. The highest BCUT2D eigenvalue weighted by molar-refractivity contribution is 5.32. The van der Waals surface area contributed by atoms with Crippen LogP contribution in [0, 0.1) is 6.92 Å². The molecule has 4 heteroatoms. The summed E-state index contributed by atoms with van der Waals surface area (Å²) in [5, 5.41) is 0. The maximum atomic E-state index is 5.96. The maximum absolute atomic E-state index is 5.96. The van der Waals surface area contributed by atoms with Gasteiger partial charge in [0.1, 0.15) is 12.4 Å². The van der Waals surface area contributed by atoms with Gasteiger partial charge in [0.25, 0.3) is 0 Å². The molecule has 1 aliphatic rings. The Labute approximate surface area is 109 Å². The first-order valence-corrected chi connectivity index (χ1v) is 6.69. The molecule has 1 atom stereocenters. The second-order valence-electron chi connectivity index (χ2n) is 5.08. The number of aromatic nitrogens is 1. The third-order valence-electron chi connectivity index (χ3n) is 3.65. The first-order valence-electron chi connectivity index (χ1n) is 6.69. The lowest BCUT2D eigenvalue weighted by atomic mass is 10.0. The lowest BCUT2D eigenvalue weighted by molar-refractivity contribution is 0.124. The molecule has 0 spiro atoms. The summed E-state index contributed by atoms with van der Waals surface area (Å²) in [5.41, 5.74) is 7.66. The summed E-state index contributed by atoms with van der Waals surface area (Å²) < 4.78 is 5.96. The minimum Gasteiger partial charge on any atom is -0.491 e. The normalized spacial score (nSPS) is 20.9. The van der Waals surface area contributed by atoms with E-state index in [1.54, 1.807) is 0 Å². The molecule has 0 saturated carbocycles. The molecule has 18 heavy (non-hydrogen) atoms. The summed E-state index contributed by atoms with van der Waals surface area (Å²) in [4.78, 5) is 6.64. The molecule has 0 amide bonds. The van der Waals surface area contributed by atoms with Gasteiger partial charge in [-0.3, -0.25) is 4.98 Å². The van der Waals surface area contributed by atoms with Crippen molar-refractivity contribution in [1.82, 2.24) is 9.88 Å². The van der Waals surface area contributed by atoms with Gasteiger partial charge < -0.3 is 15.4 Å². The van der Waals surface area contributed by atoms with Crippen LogP contribution in [-0.2, 0) is 6.54 Å². The molecule has 0 aromatic carbocycles. The standard InChI is InChI=1S/C14H23N3O/c1-11-7-14(12(8-15)9-16-11)18-10-13-5-3-4-6-17(13)2/h7,9,13H,3-6,8,10,15H2,1-2H3. The van der Waals surface area contributed by atoms with Gasteiger partial charge in [0, 0.05) is 36.1 Å². The van der Waals surface area contributed by atoms with Crippen LogP contribution < -0.4 is 10.5 Å². The average Bonchev–Trinajstić information content (AvgIpc) is 2.38. The molecule has 2 heterocycles. The molecule has 1 saturated heterocycles. The Kier molecular flexibility index (Phi) is 4.55. The van der Waals surface area contributed by atoms with Crippen LogP contribution in [0.25, 0.3) is 0 Å². The van der Waals surface area contributed by atoms with Gasteiger partial charge in [-0.25, -0.2) is 0 Å². The summed E-state index contributed by atoms with van der Waals surface area (Å²) in [7, 11) is 2.18. The Morgan fingerprint density at radius 1 is 1.50 bits per heavy atom. The molecule has 1 aromatic heterocycles. The zero-order valence-corrected chi connectivity index (χ0v) is 11.4. The number of likely N-dealkylation sites (tertiary alicyclic amines) is 1. The van der Waals surface area contributed by atoms with Crippen LogP contribution in [0.2, 0.25) is 0 Å². The van der Waals surface area contributed by atoms with E-state index in [9.17, 15) is 0 Å². The molecule has 2 N–H and O–H groups in total. The van der Waals surface area contributed by atoms with E-state index >= 15 is 0 Å². The predicted octanol–water partition coefficient (Wildman–Crippen LogP) is 1.71. The van der Waals surface area contributed by atoms with Crippen molar-refractivity contribution in [3.63, 3.8) is 0 Å². The number of nitrogens with zero attached hydrogens (tertiary/aromatic N) is 2. The Hall–Kier alpha value is -1.13. The van der Waals surface area contributed by atoms with Gasteiger partial charge in [0.15, 0.2) is 0 Å². The van der Waals surface area contributed by atoms with Crippen LogP contribution in [0.15, 0.2) is 12.3 Å². The van der Waals surface area contributed by atoms with E-state index in [-0.39, 0.29) is 0 Å². The zero-order valence-electron chi connectivity index (χ0n) is 11.4. The number of nitrogens with two attached hydrogens (primary N) is 1. The maximum Gasteiger partial charge on any atom is 0.127 e. The van der Waals surface area contributed by atoms with Crippen molar-refractivity contribution in [3.05, 3.63) is 23.5 Å². The minimum atomic E-state index is 0.475. The highest BCUT2D eigenvalue weighted by Crippen LogP contribution is 2.21. The summed E-state index contributed by atoms with van der Waals surface area (Å²) >= 11 is 0. The fourth-order valence-electron chi connectivity index (χ4n) is 2.39. The highest BCUT2D eigenvalue weighted by Gasteiger charge is 2.19. The van der Waals surface area contributed by atoms with Gasteiger partial charge in [-0.2, -0.15) is 0 Å². The zero-order chi connectivity index (χ0) is 13.0. The van der Waals surface area contributed by atoms with Crippen LogP contribution in [0.5, 0.6) is 5.75 Å². The van der Waals surface area contributed by atoms with Crippen LogP contribution in [0.4, 0.5) is 0 Å². The molecule has 1 aliphatic heterocycles. The van der Waals surface area contributed by atoms with E-state index in [0.717, 1.165) is 23.6 Å². The predicted molar refractivity (Wildman–Crippen MR) is 72.6 cm³/mol. The first kappa shape index (κ1) is 13.3. The van der Waals surface area contributed by atoms with E-state index in [2.05, 4.69) is 16.9 Å². The smallest absolute Gasteiger partial charge is 0.127 e. The number of pyridine rings is 1. The molecule has 1 fully saturated rings. The molecule has 0 radical (unpaired) electrons. The molecule has 1 aromatic rings. The molecule has 1 unspecified atom stereocenters. The van der Waals surface area contributed by atoms with Gasteiger partial charge in [-0.05, 0) is 33.4 Å². The first-order chi connectivity index (χ1) is 8.70. The van der Waals surface area contributed by atoms with E-state index in [1.807, 2.05) is 19.2 Å². The Morgan fingerprint density at radius 3 is 3.06 bits per heavy atom. The number of piperidine rings is 1. The Morgan fingerprint density at radius 2 is 2.33 bits per heavy atom. The molecule has 2 rings (SSSR count). The number of hydrogen-bond donors (Lipinski definition) is 1. The van der Waals surface area contributed by atoms with Gasteiger partial charge in [0.05, 0.1) is 0 Å². The second-order valence-corrected chi connectivity index (χ2v) is 5.08. The van der Waals surface area contributed by atoms with Crippen LogP contribution in [0.1, 0.15) is 30.5 Å². The van der Waals surface area contributed by atoms with Crippen molar-refractivity contribution in [1.29, 1.82) is 0 Å². The van der Waals surface area contributed by atoms with Crippen LogP contribution in [0.3, 0.4) is 0 Å². The van der Waals surface area contributed by atoms with Gasteiger partial charge in [0.2, 0.25) is 0 Å². The quantitative estimate of drug-likeness (QED) is 0.882. The summed E-state index contributed by atoms with van der Waals surface area (Å²) in [5.74, 6) is 0.893. The average molecular weight is 249 g/mol. The third kappa shape index (κ3) is 3.21. The number of hydrogen-bond acceptors (Lipinski definition) is 4. The summed E-state index contributed by atoms with van der Waals surface area (Å²) in [6.07, 6.45) is 5.64. The molecule has 4 nitrogen and oxygen atoms in total. The SMILES string of the molecule is Cc1cc(OCC2CCCCN2C)c(CN)cn1. The third-order valence-corrected chi connectivity index (χ3v) is 3.65. The van der Waals surface area contributed by atoms with Crippen molar-refractivity contribution in [2.75, 3.05) is 20.2 Å². The minimum absolute atomic E-state index is 0.475. The largest absolute Gasteiger partial charge is 0.491 e. The molecule has 0 bridgehead atoms. The van der Waals surface area contributed by atoms with Crippen molar-refractivity contribution in [2.24, 2.45) is 5.73 Å². The monoisotopic (exact) mass is 249 g/mol. The van der Waals surface area contributed by atoms with Gasteiger partial charge >= 0.3 is 0 Å². The molecular weight excluding hydrogens is 226 g/mol. The van der Waals surface area contributed by atoms with Gasteiger partial charge in [-0.15, -0.1) is 0 Å². The van der Waals surface area contributed by atoms with E-state index in [0.29, 0.717) is 12.6 Å². The van der Waals surface area contributed by atoms with Crippen LogP contribution in [-0.4, -0.2) is 36.1 Å². The lowest BCUT2D eigenvalue weighted by Crippen LogP contribution is -2.40. The molecular formula is C14H23N3O.